The highest BCUT2D eigenvalue weighted by molar-refractivity contribution is 7.20. The van der Waals surface area contributed by atoms with Gasteiger partial charge < -0.3 is 14.7 Å². The molecule has 3 nitrogen and oxygen atoms in total. The molecule has 0 aliphatic carbocycles. The second-order valence-electron chi connectivity index (χ2n) is 21.0. The Morgan fingerprint density at radius 1 is 0.304 bits per heavy atom. The summed E-state index contributed by atoms with van der Waals surface area (Å²) in [5.74, 6) is 0. The number of nitrogens with zero attached hydrogens (tertiary/aromatic N) is 3. The Morgan fingerprint density at radius 3 is 1.25 bits per heavy atom. The van der Waals surface area contributed by atoms with Crippen molar-refractivity contribution in [2.45, 2.75) is 13.8 Å². The lowest BCUT2D eigenvalue weighted by molar-refractivity contribution is 1.21. The fourth-order valence-electron chi connectivity index (χ4n) is 12.9. The van der Waals surface area contributed by atoms with Crippen molar-refractivity contribution in [2.75, 3.05) is 14.7 Å². The highest BCUT2D eigenvalue weighted by atomic mass is 28.3. The largest absolute Gasteiger partial charge is 0.311 e. The summed E-state index contributed by atoms with van der Waals surface area (Å²) in [6.07, 6.45) is 0. The van der Waals surface area contributed by atoms with Gasteiger partial charge in [-0.15, -0.1) is 0 Å². The van der Waals surface area contributed by atoms with Crippen LogP contribution in [0.25, 0.3) is 22.3 Å². The van der Waals surface area contributed by atoms with Crippen LogP contribution in [0.3, 0.4) is 0 Å². The maximum absolute atomic E-state index is 3.00. The summed E-state index contributed by atoms with van der Waals surface area (Å²) in [7, 11) is -3.00. The summed E-state index contributed by atoms with van der Waals surface area (Å²) in [6, 6.07) is 113. The molecule has 0 saturated carbocycles. The van der Waals surface area contributed by atoms with Crippen LogP contribution in [0.2, 0.25) is 0 Å². The van der Waals surface area contributed by atoms with Crippen molar-refractivity contribution in [3.63, 3.8) is 0 Å². The molecule has 0 atom stereocenters. The molecule has 374 valence electrons. The molecular weight excluding hydrogens is 970 g/mol. The molecule has 0 N–H and O–H groups in total. The maximum Gasteiger partial charge on any atom is 0.252 e. The molecule has 12 aromatic carbocycles. The van der Waals surface area contributed by atoms with E-state index in [1.54, 1.807) is 0 Å². The van der Waals surface area contributed by atoms with E-state index in [9.17, 15) is 0 Å². The second kappa shape index (κ2) is 20.0. The molecule has 0 spiro atoms. The lowest BCUT2D eigenvalue weighted by Crippen LogP contribution is -2.75. The molecule has 0 saturated heterocycles. The Kier molecular flexibility index (Phi) is 12.1. The van der Waals surface area contributed by atoms with Crippen molar-refractivity contribution in [3.8, 4) is 22.3 Å². The highest BCUT2D eigenvalue weighted by Crippen LogP contribution is 2.49. The quantitative estimate of drug-likeness (QED) is 0.0944. The van der Waals surface area contributed by atoms with Gasteiger partial charge in [0, 0.05) is 45.5 Å². The number of benzene rings is 12. The van der Waals surface area contributed by atoms with Crippen LogP contribution in [0.5, 0.6) is 0 Å². The van der Waals surface area contributed by atoms with Crippen LogP contribution < -0.4 is 51.8 Å². The van der Waals surface area contributed by atoms with Crippen molar-refractivity contribution in [3.05, 3.63) is 314 Å². The van der Waals surface area contributed by atoms with E-state index in [0.29, 0.717) is 0 Å². The van der Waals surface area contributed by atoms with Crippen molar-refractivity contribution >= 4 is 103 Å². The fourth-order valence-corrected chi connectivity index (χ4v) is 17.6. The topological polar surface area (TPSA) is 9.72 Å². The number of hydrogen-bond acceptors (Lipinski definition) is 3. The molecule has 0 amide bonds. The van der Waals surface area contributed by atoms with Gasteiger partial charge in [0.2, 0.25) is 0 Å². The van der Waals surface area contributed by atoms with Gasteiger partial charge in [-0.1, -0.05) is 242 Å². The number of anilines is 9. The van der Waals surface area contributed by atoms with Crippen LogP contribution in [0.15, 0.2) is 303 Å². The predicted molar refractivity (Wildman–Crippen MR) is 339 cm³/mol. The van der Waals surface area contributed by atoms with Crippen molar-refractivity contribution in [1.82, 2.24) is 0 Å². The summed E-state index contributed by atoms with van der Waals surface area (Å²) in [5, 5.41) is 5.39. The van der Waals surface area contributed by atoms with Gasteiger partial charge in [0.25, 0.3) is 6.71 Å². The predicted octanol–water partition coefficient (Wildman–Crippen LogP) is 14.6. The molecule has 0 bridgehead atoms. The average Bonchev–Trinajstić information content (AvgIpc) is 3.70. The first-order valence-corrected chi connectivity index (χ1v) is 29.4. The van der Waals surface area contributed by atoms with Crippen molar-refractivity contribution in [2.24, 2.45) is 0 Å². The molecule has 2 aliphatic rings. The third-order valence-electron chi connectivity index (χ3n) is 16.3. The maximum atomic E-state index is 2.64. The number of para-hydroxylation sites is 2. The summed E-state index contributed by atoms with van der Waals surface area (Å²) in [6.45, 7) is 4.32. The third kappa shape index (κ3) is 8.21. The zero-order valence-electron chi connectivity index (χ0n) is 44.3. The van der Waals surface area contributed by atoms with E-state index in [2.05, 4.69) is 332 Å². The van der Waals surface area contributed by atoms with Gasteiger partial charge in [0.15, 0.2) is 8.07 Å². The van der Waals surface area contributed by atoms with E-state index in [-0.39, 0.29) is 6.71 Å². The Hall–Kier alpha value is -9.68. The van der Waals surface area contributed by atoms with Crippen LogP contribution >= 0.6 is 0 Å². The molecule has 2 heterocycles. The minimum Gasteiger partial charge on any atom is -0.311 e. The third-order valence-corrected chi connectivity index (χ3v) is 21.1. The smallest absolute Gasteiger partial charge is 0.252 e. The van der Waals surface area contributed by atoms with E-state index in [4.69, 9.17) is 0 Å². The fraction of sp³-hybridized carbons (Fsp3) is 0.0270. The second-order valence-corrected chi connectivity index (χ2v) is 24.8. The van der Waals surface area contributed by atoms with Crippen molar-refractivity contribution in [1.29, 1.82) is 0 Å². The number of fused-ring (bicyclic) bond motifs is 4. The highest BCUT2D eigenvalue weighted by Gasteiger charge is 2.47. The average molecular weight is 1030 g/mol. The molecular formula is C74H56BN3Si. The van der Waals surface area contributed by atoms with Crippen LogP contribution in [0, 0.1) is 13.8 Å². The Bertz CT molecular complexity index is 4010. The Morgan fingerprint density at radius 2 is 0.722 bits per heavy atom. The van der Waals surface area contributed by atoms with Crippen LogP contribution in [-0.2, 0) is 0 Å². The molecule has 79 heavy (non-hydrogen) atoms. The minimum absolute atomic E-state index is 0.162. The number of rotatable bonds is 11. The molecule has 12 aromatic rings. The zero-order valence-corrected chi connectivity index (χ0v) is 45.3. The minimum atomic E-state index is -3.00. The molecule has 0 aromatic heterocycles. The SMILES string of the molecule is Cc1ccc(N2c3ccc([Si](c4ccccc4)(c4ccccc4)c4ccccc4)cc3B3c4cc(-c5ccccc5)ccc4N(c4ccc(-c5ccccc5)cc4)c4cc(N(c5ccccc5)c5ccccc5)cc2c43)c(C)c1. The Labute approximate surface area is 465 Å². The van der Waals surface area contributed by atoms with Crippen molar-refractivity contribution < 1.29 is 0 Å². The van der Waals surface area contributed by atoms with Gasteiger partial charge in [-0.2, -0.15) is 0 Å². The summed E-state index contributed by atoms with van der Waals surface area (Å²) in [5.41, 5.74) is 21.2. The van der Waals surface area contributed by atoms with E-state index in [1.807, 2.05) is 0 Å². The van der Waals surface area contributed by atoms with E-state index < -0.39 is 8.07 Å². The number of hydrogen-bond donors (Lipinski definition) is 0. The van der Waals surface area contributed by atoms with Gasteiger partial charge >= 0.3 is 0 Å². The number of aryl methyl sites for hydroxylation is 2. The van der Waals surface area contributed by atoms with E-state index in [1.165, 1.54) is 76.2 Å². The van der Waals surface area contributed by atoms with Gasteiger partial charge in [0.1, 0.15) is 0 Å². The first-order chi connectivity index (χ1) is 39.0. The standard InChI is InChI=1S/C74H56BN3Si/c1-53-38-45-69(54(2)48-53)78-71-47-44-66(79(63-32-18-7-19-33-63,64-34-20-8-21-35-64)65-36-22-9-23-37-65)52-68(71)75-67-49-58(56-26-12-4-13-27-56)41-46-70(67)77(61-42-39-57(40-43-61)55-24-10-3-11-25-55)72-50-62(51-73(78)74(72)75)76(59-28-14-5-15-29-59)60-30-16-6-17-31-60/h3-52H,1-2H3. The monoisotopic (exact) mass is 1030 g/mol. The first kappa shape index (κ1) is 47.7. The molecule has 0 radical (unpaired) electrons. The van der Waals surface area contributed by atoms with Gasteiger partial charge in [0.05, 0.1) is 5.69 Å². The molecule has 2 aliphatic heterocycles. The normalized spacial score (nSPS) is 12.4. The lowest BCUT2D eigenvalue weighted by Gasteiger charge is -2.46. The summed E-state index contributed by atoms with van der Waals surface area (Å²) >= 11 is 0. The summed E-state index contributed by atoms with van der Waals surface area (Å²) in [4.78, 5) is 7.58. The van der Waals surface area contributed by atoms with Crippen LogP contribution in [0.4, 0.5) is 51.2 Å². The van der Waals surface area contributed by atoms with Gasteiger partial charge in [-0.3, -0.25) is 0 Å². The zero-order chi connectivity index (χ0) is 52.9. The molecule has 0 fully saturated rings. The molecule has 5 heteroatoms. The first-order valence-electron chi connectivity index (χ1n) is 27.4. The van der Waals surface area contributed by atoms with Crippen LogP contribution in [-0.4, -0.2) is 14.8 Å². The van der Waals surface area contributed by atoms with Crippen LogP contribution in [0.1, 0.15) is 11.1 Å². The Balaban J connectivity index is 1.12. The lowest BCUT2D eigenvalue weighted by atomic mass is 9.33. The van der Waals surface area contributed by atoms with E-state index >= 15 is 0 Å². The van der Waals surface area contributed by atoms with Gasteiger partial charge in [-0.05, 0) is 146 Å². The van der Waals surface area contributed by atoms with Gasteiger partial charge in [-0.25, -0.2) is 0 Å². The molecule has 14 rings (SSSR count). The van der Waals surface area contributed by atoms with E-state index in [0.717, 1.165) is 45.5 Å². The molecule has 0 unspecified atom stereocenters. The summed E-state index contributed by atoms with van der Waals surface area (Å²) < 4.78 is 0.